The molecule has 0 aliphatic rings. The van der Waals surface area contributed by atoms with Crippen molar-refractivity contribution in [1.29, 1.82) is 0 Å². The molecule has 0 bridgehead atoms. The summed E-state index contributed by atoms with van der Waals surface area (Å²) in [5.41, 5.74) is 6.28. The summed E-state index contributed by atoms with van der Waals surface area (Å²) in [4.78, 5) is 4.38. The van der Waals surface area contributed by atoms with E-state index in [-0.39, 0.29) is 5.75 Å². The quantitative estimate of drug-likeness (QED) is 0.774. The van der Waals surface area contributed by atoms with Crippen molar-refractivity contribution in [2.24, 2.45) is 0 Å². The average molecular weight is 296 g/mol. The second kappa shape index (κ2) is 5.33. The molecule has 0 saturated carbocycles. The fraction of sp³-hybridized carbons (Fsp3) is 0.294. The van der Waals surface area contributed by atoms with Gasteiger partial charge in [0.15, 0.2) is 5.82 Å². The molecule has 0 unspecified atom stereocenters. The summed E-state index contributed by atoms with van der Waals surface area (Å²) in [6.07, 6.45) is 2.51. The number of fused-ring (bicyclic) bond motifs is 1. The van der Waals surface area contributed by atoms with Gasteiger partial charge in [0.2, 0.25) is 0 Å². The molecule has 0 fully saturated rings. The maximum absolute atomic E-state index is 9.85. The lowest BCUT2D eigenvalue weighted by Gasteiger charge is -2.09. The van der Waals surface area contributed by atoms with Crippen molar-refractivity contribution in [2.45, 2.75) is 34.1 Å². The minimum atomic E-state index is 0.271. The lowest BCUT2D eigenvalue weighted by atomic mass is 10.1. The third-order valence-corrected chi connectivity index (χ3v) is 4.18. The number of benzene rings is 1. The first kappa shape index (κ1) is 14.4. The zero-order valence-electron chi connectivity index (χ0n) is 13.3. The maximum Gasteiger partial charge on any atom is 0.158 e. The minimum Gasteiger partial charge on any atom is -0.508 e. The zero-order valence-corrected chi connectivity index (χ0v) is 13.3. The van der Waals surface area contributed by atoms with Crippen LogP contribution in [0.25, 0.3) is 5.52 Å². The van der Waals surface area contributed by atoms with Crippen LogP contribution in [0.3, 0.4) is 0 Å². The van der Waals surface area contributed by atoms with Crippen LogP contribution in [0.2, 0.25) is 0 Å². The molecule has 114 valence electrons. The molecule has 1 aromatic carbocycles. The number of nitrogens with zero attached hydrogens (tertiary/aromatic N) is 3. The molecule has 0 radical (unpaired) electrons. The SMILES string of the molecule is CCc1c(C)c2c(Nc3ccc(C)c(O)c3)ncnn2c1C. The molecule has 2 aromatic heterocycles. The molecule has 3 rings (SSSR count). The van der Waals surface area contributed by atoms with Crippen LogP contribution in [0.1, 0.15) is 29.3 Å². The van der Waals surface area contributed by atoms with Crippen LogP contribution in [0.5, 0.6) is 5.75 Å². The Hall–Kier alpha value is -2.56. The summed E-state index contributed by atoms with van der Waals surface area (Å²) in [6, 6.07) is 5.52. The number of aromatic nitrogens is 3. The Morgan fingerprint density at radius 1 is 1.23 bits per heavy atom. The highest BCUT2D eigenvalue weighted by molar-refractivity contribution is 5.78. The molecule has 0 spiro atoms. The number of nitrogens with one attached hydrogen (secondary N) is 1. The molecule has 0 saturated heterocycles. The second-order valence-corrected chi connectivity index (χ2v) is 5.54. The van der Waals surface area contributed by atoms with Crippen LogP contribution in [0.15, 0.2) is 24.5 Å². The standard InChI is InChI=1S/C17H20N4O/c1-5-14-11(3)16-17(18-9-19-21(16)12(14)4)20-13-7-6-10(2)15(22)8-13/h6-9,22H,5H2,1-4H3,(H,18,19,20). The van der Waals surface area contributed by atoms with Crippen molar-refractivity contribution < 1.29 is 5.11 Å². The Morgan fingerprint density at radius 2 is 2.00 bits per heavy atom. The monoisotopic (exact) mass is 296 g/mol. The smallest absolute Gasteiger partial charge is 0.158 e. The van der Waals surface area contributed by atoms with Gasteiger partial charge in [0.1, 0.15) is 17.6 Å². The number of aryl methyl sites for hydroxylation is 3. The number of hydrogen-bond donors (Lipinski definition) is 2. The summed E-state index contributed by atoms with van der Waals surface area (Å²) < 4.78 is 1.93. The number of rotatable bonds is 3. The van der Waals surface area contributed by atoms with Gasteiger partial charge in [0.25, 0.3) is 0 Å². The van der Waals surface area contributed by atoms with Gasteiger partial charge in [-0.05, 0) is 49.9 Å². The zero-order chi connectivity index (χ0) is 15.9. The predicted octanol–water partition coefficient (Wildman–Crippen LogP) is 3.67. The predicted molar refractivity (Wildman–Crippen MR) is 88.0 cm³/mol. The highest BCUT2D eigenvalue weighted by Gasteiger charge is 2.16. The van der Waals surface area contributed by atoms with Gasteiger partial charge in [-0.1, -0.05) is 13.0 Å². The van der Waals surface area contributed by atoms with Gasteiger partial charge in [0.05, 0.1) is 0 Å². The third-order valence-electron chi connectivity index (χ3n) is 4.18. The third kappa shape index (κ3) is 2.19. The Labute approximate surface area is 129 Å². The van der Waals surface area contributed by atoms with Gasteiger partial charge in [-0.15, -0.1) is 0 Å². The lowest BCUT2D eigenvalue weighted by molar-refractivity contribution is 0.471. The molecule has 5 nitrogen and oxygen atoms in total. The van der Waals surface area contributed by atoms with Crippen molar-refractivity contribution in [3.05, 3.63) is 46.9 Å². The van der Waals surface area contributed by atoms with E-state index in [4.69, 9.17) is 0 Å². The summed E-state index contributed by atoms with van der Waals surface area (Å²) in [6.45, 7) is 8.19. The highest BCUT2D eigenvalue weighted by Crippen LogP contribution is 2.29. The lowest BCUT2D eigenvalue weighted by Crippen LogP contribution is -2.01. The van der Waals surface area contributed by atoms with Crippen molar-refractivity contribution in [1.82, 2.24) is 14.6 Å². The molecule has 0 aliphatic heterocycles. The average Bonchev–Trinajstić information content (AvgIpc) is 2.75. The number of aromatic hydroxyl groups is 1. The molecular weight excluding hydrogens is 276 g/mol. The van der Waals surface area contributed by atoms with E-state index in [0.717, 1.165) is 34.7 Å². The Bertz CT molecular complexity index is 851. The first-order chi connectivity index (χ1) is 10.5. The second-order valence-electron chi connectivity index (χ2n) is 5.54. The number of hydrogen-bond acceptors (Lipinski definition) is 4. The first-order valence-corrected chi connectivity index (χ1v) is 7.41. The molecule has 0 aliphatic carbocycles. The Kier molecular flexibility index (Phi) is 3.48. The van der Waals surface area contributed by atoms with Crippen molar-refractivity contribution in [3.8, 4) is 5.75 Å². The van der Waals surface area contributed by atoms with E-state index in [2.05, 4.69) is 36.2 Å². The van der Waals surface area contributed by atoms with E-state index in [0.29, 0.717) is 0 Å². The van der Waals surface area contributed by atoms with Gasteiger partial charge in [0, 0.05) is 17.4 Å². The molecule has 5 heteroatoms. The van der Waals surface area contributed by atoms with Gasteiger partial charge in [-0.25, -0.2) is 9.50 Å². The fourth-order valence-corrected chi connectivity index (χ4v) is 2.92. The largest absolute Gasteiger partial charge is 0.508 e. The first-order valence-electron chi connectivity index (χ1n) is 7.41. The minimum absolute atomic E-state index is 0.271. The molecular formula is C17H20N4O. The van der Waals surface area contributed by atoms with Crippen LogP contribution < -0.4 is 5.32 Å². The van der Waals surface area contributed by atoms with Gasteiger partial charge in [-0.3, -0.25) is 0 Å². The Morgan fingerprint density at radius 3 is 2.68 bits per heavy atom. The van der Waals surface area contributed by atoms with E-state index >= 15 is 0 Å². The van der Waals surface area contributed by atoms with E-state index in [1.165, 1.54) is 11.1 Å². The van der Waals surface area contributed by atoms with Gasteiger partial charge >= 0.3 is 0 Å². The van der Waals surface area contributed by atoms with Crippen LogP contribution in [0.4, 0.5) is 11.5 Å². The summed E-state index contributed by atoms with van der Waals surface area (Å²) in [5.74, 6) is 1.02. The summed E-state index contributed by atoms with van der Waals surface area (Å²) in [7, 11) is 0. The number of anilines is 2. The van der Waals surface area contributed by atoms with Crippen molar-refractivity contribution in [2.75, 3.05) is 5.32 Å². The van der Waals surface area contributed by atoms with E-state index < -0.39 is 0 Å². The number of phenols is 1. The van der Waals surface area contributed by atoms with E-state index in [1.54, 1.807) is 12.4 Å². The van der Waals surface area contributed by atoms with Crippen molar-refractivity contribution in [3.63, 3.8) is 0 Å². The topological polar surface area (TPSA) is 62.5 Å². The fourth-order valence-electron chi connectivity index (χ4n) is 2.92. The van der Waals surface area contributed by atoms with Crippen LogP contribution >= 0.6 is 0 Å². The molecule has 2 N–H and O–H groups in total. The van der Waals surface area contributed by atoms with Gasteiger partial charge < -0.3 is 10.4 Å². The van der Waals surface area contributed by atoms with Crippen LogP contribution in [-0.2, 0) is 6.42 Å². The van der Waals surface area contributed by atoms with Crippen molar-refractivity contribution >= 4 is 17.0 Å². The summed E-state index contributed by atoms with van der Waals surface area (Å²) in [5, 5.41) is 17.5. The van der Waals surface area contributed by atoms with Gasteiger partial charge in [-0.2, -0.15) is 5.10 Å². The highest BCUT2D eigenvalue weighted by atomic mass is 16.3. The molecule has 0 amide bonds. The Balaban J connectivity index is 2.13. The van der Waals surface area contributed by atoms with E-state index in [9.17, 15) is 5.11 Å². The molecule has 2 heterocycles. The molecule has 3 aromatic rings. The molecule has 22 heavy (non-hydrogen) atoms. The number of phenolic OH excluding ortho intramolecular Hbond substituents is 1. The van der Waals surface area contributed by atoms with Crippen LogP contribution in [0, 0.1) is 20.8 Å². The maximum atomic E-state index is 9.85. The molecule has 0 atom stereocenters. The normalized spacial score (nSPS) is 11.1. The van der Waals surface area contributed by atoms with E-state index in [1.807, 2.05) is 23.6 Å². The van der Waals surface area contributed by atoms with Crippen LogP contribution in [-0.4, -0.2) is 19.7 Å². The summed E-state index contributed by atoms with van der Waals surface area (Å²) >= 11 is 0.